The smallest absolute Gasteiger partial charge is 0.241 e. The van der Waals surface area contributed by atoms with Crippen molar-refractivity contribution in [2.75, 3.05) is 44.6 Å². The normalized spacial score (nSPS) is 15.6. The van der Waals surface area contributed by atoms with Gasteiger partial charge in [0, 0.05) is 57.3 Å². The van der Waals surface area contributed by atoms with Crippen LogP contribution >= 0.6 is 0 Å². The van der Waals surface area contributed by atoms with Crippen molar-refractivity contribution in [1.82, 2.24) is 19.4 Å². The molecule has 3 rings (SSSR count). The summed E-state index contributed by atoms with van der Waals surface area (Å²) in [4.78, 5) is 20.7. The Morgan fingerprint density at radius 1 is 1.09 bits per heavy atom. The summed E-state index contributed by atoms with van der Waals surface area (Å²) in [6.45, 7) is 5.79. The van der Waals surface area contributed by atoms with Crippen LogP contribution in [0.1, 0.15) is 0 Å². The summed E-state index contributed by atoms with van der Waals surface area (Å²) in [6.07, 6.45) is 5.63. The maximum Gasteiger partial charge on any atom is 0.241 e. The monoisotopic (exact) mass is 313 g/mol. The summed E-state index contributed by atoms with van der Waals surface area (Å²) in [7, 11) is 0. The molecular weight excluding hydrogens is 290 g/mol. The van der Waals surface area contributed by atoms with Gasteiger partial charge in [-0.05, 0) is 12.1 Å². The molecule has 122 valence electrons. The van der Waals surface area contributed by atoms with Crippen LogP contribution in [0.25, 0.3) is 0 Å². The Hall–Kier alpha value is -2.34. The molecule has 6 heteroatoms. The first-order chi connectivity index (χ1) is 11.3. The number of aromatic nitrogens is 2. The summed E-state index contributed by atoms with van der Waals surface area (Å²) in [5.41, 5.74) is 0.986. The van der Waals surface area contributed by atoms with E-state index in [1.54, 1.807) is 6.20 Å². The first kappa shape index (κ1) is 15.6. The Morgan fingerprint density at radius 3 is 2.57 bits per heavy atom. The molecule has 2 aromatic rings. The average molecular weight is 313 g/mol. The van der Waals surface area contributed by atoms with Crippen LogP contribution in [0.4, 0.5) is 5.69 Å². The molecule has 0 bridgehead atoms. The second kappa shape index (κ2) is 7.78. The van der Waals surface area contributed by atoms with E-state index in [1.807, 2.05) is 47.8 Å². The molecule has 0 saturated carbocycles. The molecule has 1 aliphatic heterocycles. The van der Waals surface area contributed by atoms with E-state index in [0.717, 1.165) is 45.0 Å². The summed E-state index contributed by atoms with van der Waals surface area (Å²) >= 11 is 0. The van der Waals surface area contributed by atoms with Crippen LogP contribution in [-0.4, -0.2) is 64.5 Å². The number of carbonyl (C=O) groups is 1. The zero-order valence-electron chi connectivity index (χ0n) is 13.3. The maximum absolute atomic E-state index is 12.3. The number of imidazole rings is 1. The Balaban J connectivity index is 1.37. The number of nitrogens with one attached hydrogen (secondary N) is 1. The van der Waals surface area contributed by atoms with Gasteiger partial charge in [0.15, 0.2) is 0 Å². The fourth-order valence-electron chi connectivity index (χ4n) is 2.74. The second-order valence-electron chi connectivity index (χ2n) is 5.74. The standard InChI is InChI=1S/C17H23N5O/c23-17(14-19-16-4-2-1-3-5-16)22-12-10-20(11-13-22)8-9-21-7-6-18-15-21/h1-7,15,19H,8-14H2. The van der Waals surface area contributed by atoms with Crippen LogP contribution < -0.4 is 5.32 Å². The van der Waals surface area contributed by atoms with Crippen LogP contribution in [-0.2, 0) is 11.3 Å². The van der Waals surface area contributed by atoms with Gasteiger partial charge in [-0.25, -0.2) is 4.98 Å². The molecule has 0 unspecified atom stereocenters. The fraction of sp³-hybridized carbons (Fsp3) is 0.412. The number of amides is 1. The molecular formula is C17H23N5O. The minimum atomic E-state index is 0.170. The predicted molar refractivity (Wildman–Crippen MR) is 90.2 cm³/mol. The van der Waals surface area contributed by atoms with E-state index < -0.39 is 0 Å². The highest BCUT2D eigenvalue weighted by Gasteiger charge is 2.20. The highest BCUT2D eigenvalue weighted by Crippen LogP contribution is 2.06. The number of hydrogen-bond donors (Lipinski definition) is 1. The van der Waals surface area contributed by atoms with Crippen molar-refractivity contribution in [2.45, 2.75) is 6.54 Å². The number of carbonyl (C=O) groups excluding carboxylic acids is 1. The molecule has 1 amide bonds. The molecule has 1 aromatic carbocycles. The van der Waals surface area contributed by atoms with Crippen molar-refractivity contribution >= 4 is 11.6 Å². The van der Waals surface area contributed by atoms with E-state index in [0.29, 0.717) is 6.54 Å². The Morgan fingerprint density at radius 2 is 1.87 bits per heavy atom. The van der Waals surface area contributed by atoms with Gasteiger partial charge < -0.3 is 14.8 Å². The largest absolute Gasteiger partial charge is 0.376 e. The van der Waals surface area contributed by atoms with Gasteiger partial charge >= 0.3 is 0 Å². The van der Waals surface area contributed by atoms with E-state index in [-0.39, 0.29) is 5.91 Å². The van der Waals surface area contributed by atoms with Gasteiger partial charge in [-0.2, -0.15) is 0 Å². The molecule has 0 radical (unpaired) electrons. The minimum Gasteiger partial charge on any atom is -0.376 e. The van der Waals surface area contributed by atoms with Gasteiger partial charge in [-0.3, -0.25) is 9.69 Å². The summed E-state index contributed by atoms with van der Waals surface area (Å²) in [6, 6.07) is 9.84. The zero-order valence-corrected chi connectivity index (χ0v) is 13.3. The van der Waals surface area contributed by atoms with Crippen molar-refractivity contribution in [3.05, 3.63) is 49.1 Å². The van der Waals surface area contributed by atoms with Crippen LogP contribution in [0.2, 0.25) is 0 Å². The van der Waals surface area contributed by atoms with E-state index in [1.165, 1.54) is 0 Å². The topological polar surface area (TPSA) is 53.4 Å². The molecule has 1 N–H and O–H groups in total. The second-order valence-corrected chi connectivity index (χ2v) is 5.74. The summed E-state index contributed by atoms with van der Waals surface area (Å²) in [5, 5.41) is 3.18. The number of para-hydroxylation sites is 1. The maximum atomic E-state index is 12.3. The highest BCUT2D eigenvalue weighted by molar-refractivity contribution is 5.81. The highest BCUT2D eigenvalue weighted by atomic mass is 16.2. The quantitative estimate of drug-likeness (QED) is 0.869. The SMILES string of the molecule is O=C(CNc1ccccc1)N1CCN(CCn2ccnc2)CC1. The number of nitrogens with zero attached hydrogens (tertiary/aromatic N) is 4. The molecule has 1 saturated heterocycles. The molecule has 1 aliphatic rings. The number of anilines is 1. The molecule has 1 fully saturated rings. The van der Waals surface area contributed by atoms with Crippen molar-refractivity contribution < 1.29 is 4.79 Å². The lowest BCUT2D eigenvalue weighted by molar-refractivity contribution is -0.131. The van der Waals surface area contributed by atoms with Gasteiger partial charge in [0.1, 0.15) is 0 Å². The van der Waals surface area contributed by atoms with Crippen molar-refractivity contribution in [3.63, 3.8) is 0 Å². The van der Waals surface area contributed by atoms with Crippen molar-refractivity contribution in [1.29, 1.82) is 0 Å². The van der Waals surface area contributed by atoms with Gasteiger partial charge in [0.2, 0.25) is 5.91 Å². The lowest BCUT2D eigenvalue weighted by atomic mass is 10.3. The first-order valence-electron chi connectivity index (χ1n) is 8.06. The van der Waals surface area contributed by atoms with Gasteiger partial charge in [0.05, 0.1) is 12.9 Å². The van der Waals surface area contributed by atoms with Crippen LogP contribution in [0, 0.1) is 0 Å². The third-order valence-electron chi connectivity index (χ3n) is 4.18. The van der Waals surface area contributed by atoms with Crippen LogP contribution in [0.15, 0.2) is 49.1 Å². The van der Waals surface area contributed by atoms with E-state index >= 15 is 0 Å². The first-order valence-corrected chi connectivity index (χ1v) is 8.06. The third kappa shape index (κ3) is 4.56. The summed E-state index contributed by atoms with van der Waals surface area (Å²) in [5.74, 6) is 0.170. The Kier molecular flexibility index (Phi) is 5.26. The van der Waals surface area contributed by atoms with Gasteiger partial charge in [-0.15, -0.1) is 0 Å². The Labute approximate surface area is 136 Å². The predicted octanol–water partition coefficient (Wildman–Crippen LogP) is 1.14. The third-order valence-corrected chi connectivity index (χ3v) is 4.18. The van der Waals surface area contributed by atoms with Crippen molar-refractivity contribution in [2.24, 2.45) is 0 Å². The molecule has 1 aromatic heterocycles. The van der Waals surface area contributed by atoms with Crippen molar-refractivity contribution in [3.8, 4) is 0 Å². The minimum absolute atomic E-state index is 0.170. The lowest BCUT2D eigenvalue weighted by Gasteiger charge is -2.34. The van der Waals surface area contributed by atoms with E-state index in [4.69, 9.17) is 0 Å². The fourth-order valence-corrected chi connectivity index (χ4v) is 2.74. The molecule has 0 spiro atoms. The average Bonchev–Trinajstić information content (AvgIpc) is 3.13. The molecule has 2 heterocycles. The number of rotatable bonds is 6. The molecule has 23 heavy (non-hydrogen) atoms. The molecule has 0 aliphatic carbocycles. The van der Waals surface area contributed by atoms with E-state index in [9.17, 15) is 4.79 Å². The molecule has 0 atom stereocenters. The summed E-state index contributed by atoms with van der Waals surface area (Å²) < 4.78 is 2.08. The number of piperazine rings is 1. The van der Waals surface area contributed by atoms with E-state index in [2.05, 4.69) is 19.8 Å². The van der Waals surface area contributed by atoms with Crippen LogP contribution in [0.3, 0.4) is 0 Å². The van der Waals surface area contributed by atoms with Crippen LogP contribution in [0.5, 0.6) is 0 Å². The van der Waals surface area contributed by atoms with Gasteiger partial charge in [-0.1, -0.05) is 18.2 Å². The lowest BCUT2D eigenvalue weighted by Crippen LogP contribution is -2.50. The molecule has 6 nitrogen and oxygen atoms in total. The number of benzene rings is 1. The Bertz CT molecular complexity index is 591. The van der Waals surface area contributed by atoms with Gasteiger partial charge in [0.25, 0.3) is 0 Å². The number of hydrogen-bond acceptors (Lipinski definition) is 4. The zero-order chi connectivity index (χ0) is 15.9.